The molecule has 0 radical (unpaired) electrons. The number of benzene rings is 1. The number of aldehydes is 1. The number of nitrogens with zero attached hydrogens (tertiary/aromatic N) is 2. The molecule has 0 aliphatic carbocycles. The number of non-ortho nitro benzene ring substituents is 1. The Hall–Kier alpha value is -1.33. The molecule has 1 saturated heterocycles. The maximum atomic E-state index is 11.1. The summed E-state index contributed by atoms with van der Waals surface area (Å²) in [6.45, 7) is 0.667. The number of rotatable bonds is 3. The van der Waals surface area contributed by atoms with Gasteiger partial charge in [-0.15, -0.1) is 0 Å². The minimum Gasteiger partial charge on any atom is -0.359 e. The Kier molecular flexibility index (Phi) is 4.27. The van der Waals surface area contributed by atoms with Crippen molar-refractivity contribution >= 4 is 40.9 Å². The smallest absolute Gasteiger partial charge is 0.272 e. The molecule has 1 heterocycles. The SMILES string of the molecule is O=CC1CCCCN1c1c(Cl)cc([N+](=O)[O-])cc1Cl. The number of nitro groups is 1. The van der Waals surface area contributed by atoms with Gasteiger partial charge in [-0.3, -0.25) is 10.1 Å². The van der Waals surface area contributed by atoms with Gasteiger partial charge in [-0.2, -0.15) is 0 Å². The molecule has 1 aliphatic heterocycles. The van der Waals surface area contributed by atoms with Gasteiger partial charge in [0.15, 0.2) is 0 Å². The van der Waals surface area contributed by atoms with Gasteiger partial charge in [-0.1, -0.05) is 23.2 Å². The van der Waals surface area contributed by atoms with Crippen LogP contribution in [0.2, 0.25) is 10.0 Å². The van der Waals surface area contributed by atoms with Crippen molar-refractivity contribution in [1.82, 2.24) is 0 Å². The predicted octanol–water partition coefficient (Wildman–Crippen LogP) is 3.46. The summed E-state index contributed by atoms with van der Waals surface area (Å²) in [6, 6.07) is 2.25. The number of nitro benzene ring substituents is 1. The minimum atomic E-state index is -0.547. The third-order valence-electron chi connectivity index (χ3n) is 3.21. The lowest BCUT2D eigenvalue weighted by molar-refractivity contribution is -0.384. The zero-order chi connectivity index (χ0) is 14.0. The van der Waals surface area contributed by atoms with Crippen molar-refractivity contribution in [2.24, 2.45) is 0 Å². The molecule has 102 valence electrons. The van der Waals surface area contributed by atoms with Gasteiger partial charge in [0.05, 0.1) is 26.7 Å². The number of piperidine rings is 1. The van der Waals surface area contributed by atoms with Crippen LogP contribution in [-0.2, 0) is 4.79 Å². The number of carbonyl (C=O) groups excluding carboxylic acids is 1. The fourth-order valence-corrected chi connectivity index (χ4v) is 3.00. The van der Waals surface area contributed by atoms with Crippen molar-refractivity contribution in [2.75, 3.05) is 11.4 Å². The van der Waals surface area contributed by atoms with Gasteiger partial charge in [0.2, 0.25) is 0 Å². The lowest BCUT2D eigenvalue weighted by Crippen LogP contribution is -2.40. The Morgan fingerprint density at radius 1 is 1.32 bits per heavy atom. The first-order chi connectivity index (χ1) is 9.04. The van der Waals surface area contributed by atoms with Crippen molar-refractivity contribution in [3.05, 3.63) is 32.3 Å². The standard InChI is InChI=1S/C12H12Cl2N2O3/c13-10-5-9(16(18)19)6-11(14)12(10)15-4-2-1-3-8(15)7-17/h5-8H,1-4H2. The first kappa shape index (κ1) is 14.1. The lowest BCUT2D eigenvalue weighted by atomic mass is 10.0. The second-order valence-electron chi connectivity index (χ2n) is 4.41. The van der Waals surface area contributed by atoms with E-state index in [-0.39, 0.29) is 21.8 Å². The van der Waals surface area contributed by atoms with E-state index in [2.05, 4.69) is 0 Å². The van der Waals surface area contributed by atoms with Crippen LogP contribution in [-0.4, -0.2) is 23.8 Å². The molecule has 0 saturated carbocycles. The second-order valence-corrected chi connectivity index (χ2v) is 5.22. The molecular weight excluding hydrogens is 291 g/mol. The molecule has 0 N–H and O–H groups in total. The molecule has 1 aromatic rings. The first-order valence-electron chi connectivity index (χ1n) is 5.90. The van der Waals surface area contributed by atoms with E-state index in [4.69, 9.17) is 23.2 Å². The van der Waals surface area contributed by atoms with Crippen LogP contribution in [0, 0.1) is 10.1 Å². The number of anilines is 1. The molecular formula is C12H12Cl2N2O3. The van der Waals surface area contributed by atoms with Crippen LogP contribution in [0.1, 0.15) is 19.3 Å². The van der Waals surface area contributed by atoms with E-state index >= 15 is 0 Å². The van der Waals surface area contributed by atoms with Crippen LogP contribution in [0.15, 0.2) is 12.1 Å². The van der Waals surface area contributed by atoms with Gasteiger partial charge in [0, 0.05) is 18.7 Å². The molecule has 1 aromatic carbocycles. The molecule has 1 fully saturated rings. The number of halogens is 2. The topological polar surface area (TPSA) is 63.5 Å². The van der Waals surface area contributed by atoms with Crippen molar-refractivity contribution < 1.29 is 9.72 Å². The van der Waals surface area contributed by atoms with E-state index in [9.17, 15) is 14.9 Å². The highest BCUT2D eigenvalue weighted by Crippen LogP contribution is 2.39. The maximum Gasteiger partial charge on any atom is 0.272 e. The zero-order valence-corrected chi connectivity index (χ0v) is 11.5. The van der Waals surface area contributed by atoms with Crippen LogP contribution in [0.3, 0.4) is 0 Å². The van der Waals surface area contributed by atoms with Gasteiger partial charge in [-0.25, -0.2) is 0 Å². The molecule has 1 atom stereocenters. The van der Waals surface area contributed by atoms with Gasteiger partial charge < -0.3 is 9.69 Å². The highest BCUT2D eigenvalue weighted by Gasteiger charge is 2.27. The summed E-state index contributed by atoms with van der Waals surface area (Å²) in [7, 11) is 0. The largest absolute Gasteiger partial charge is 0.359 e. The van der Waals surface area contributed by atoms with Crippen molar-refractivity contribution in [3.63, 3.8) is 0 Å². The van der Waals surface area contributed by atoms with Crippen molar-refractivity contribution in [1.29, 1.82) is 0 Å². The molecule has 1 unspecified atom stereocenters. The summed E-state index contributed by atoms with van der Waals surface area (Å²) in [5, 5.41) is 11.1. The molecule has 0 spiro atoms. The normalized spacial score (nSPS) is 19.3. The van der Waals surface area contributed by atoms with Crippen molar-refractivity contribution in [2.45, 2.75) is 25.3 Å². The summed E-state index contributed by atoms with van der Waals surface area (Å²) < 4.78 is 0. The van der Waals surface area contributed by atoms with E-state index in [1.165, 1.54) is 12.1 Å². The summed E-state index contributed by atoms with van der Waals surface area (Å²) in [6.07, 6.45) is 3.52. The molecule has 1 aliphatic rings. The fourth-order valence-electron chi connectivity index (χ4n) is 2.31. The molecule has 0 amide bonds. The second kappa shape index (κ2) is 5.75. The third-order valence-corrected chi connectivity index (χ3v) is 3.78. The summed E-state index contributed by atoms with van der Waals surface area (Å²) in [5.41, 5.74) is 0.351. The minimum absolute atomic E-state index is 0.154. The lowest BCUT2D eigenvalue weighted by Gasteiger charge is -2.35. The van der Waals surface area contributed by atoms with Crippen LogP contribution in [0.25, 0.3) is 0 Å². The van der Waals surface area contributed by atoms with Gasteiger partial charge >= 0.3 is 0 Å². The van der Waals surface area contributed by atoms with Crippen LogP contribution in [0.4, 0.5) is 11.4 Å². The molecule has 19 heavy (non-hydrogen) atoms. The molecule has 2 rings (SSSR count). The molecule has 5 nitrogen and oxygen atoms in total. The third kappa shape index (κ3) is 2.82. The first-order valence-corrected chi connectivity index (χ1v) is 6.65. The maximum absolute atomic E-state index is 11.1. The number of hydrogen-bond acceptors (Lipinski definition) is 4. The van der Waals surface area contributed by atoms with Crippen LogP contribution in [0.5, 0.6) is 0 Å². The van der Waals surface area contributed by atoms with Gasteiger partial charge in [0.1, 0.15) is 6.29 Å². The predicted molar refractivity (Wildman–Crippen MR) is 74.2 cm³/mol. The quantitative estimate of drug-likeness (QED) is 0.487. The Bertz CT molecular complexity index is 499. The highest BCUT2D eigenvalue weighted by molar-refractivity contribution is 6.39. The van der Waals surface area contributed by atoms with Crippen LogP contribution >= 0.6 is 23.2 Å². The summed E-state index contributed by atoms with van der Waals surface area (Å²) in [5.74, 6) is 0. The van der Waals surface area contributed by atoms with E-state index in [1.54, 1.807) is 0 Å². The van der Waals surface area contributed by atoms with Gasteiger partial charge in [-0.05, 0) is 19.3 Å². The number of carbonyl (C=O) groups is 1. The Balaban J connectivity index is 2.44. The van der Waals surface area contributed by atoms with E-state index in [0.717, 1.165) is 25.5 Å². The molecule has 0 aromatic heterocycles. The van der Waals surface area contributed by atoms with E-state index in [1.807, 2.05) is 4.90 Å². The van der Waals surface area contributed by atoms with Gasteiger partial charge in [0.25, 0.3) is 5.69 Å². The number of hydrogen-bond donors (Lipinski definition) is 0. The molecule has 7 heteroatoms. The summed E-state index contributed by atoms with van der Waals surface area (Å²) in [4.78, 5) is 23.1. The monoisotopic (exact) mass is 302 g/mol. The van der Waals surface area contributed by atoms with E-state index in [0.29, 0.717) is 12.2 Å². The average Bonchev–Trinajstić information content (AvgIpc) is 2.38. The zero-order valence-electron chi connectivity index (χ0n) is 10.0. The highest BCUT2D eigenvalue weighted by atomic mass is 35.5. The Labute approximate surface area is 120 Å². The Morgan fingerprint density at radius 3 is 2.47 bits per heavy atom. The fraction of sp³-hybridized carbons (Fsp3) is 0.417. The van der Waals surface area contributed by atoms with E-state index < -0.39 is 4.92 Å². The average molecular weight is 303 g/mol. The Morgan fingerprint density at radius 2 is 1.95 bits per heavy atom. The molecule has 0 bridgehead atoms. The van der Waals surface area contributed by atoms with Crippen LogP contribution < -0.4 is 4.90 Å². The van der Waals surface area contributed by atoms with Crippen molar-refractivity contribution in [3.8, 4) is 0 Å². The summed E-state index contributed by atoms with van der Waals surface area (Å²) >= 11 is 12.2.